The molecule has 0 bridgehead atoms. The molecule has 0 aliphatic carbocycles. The quantitative estimate of drug-likeness (QED) is 0.128. The van der Waals surface area contributed by atoms with Crippen molar-refractivity contribution in [3.8, 4) is 5.75 Å². The standard InChI is InChI=1S/C20H32N2O10/c1-2-30-19-13(15(26)17(19)28)22-8-7-21-12(24)6-4-3-5-9-31-20-18(29)16(27)14(25)11(10-23)32-20/h11,14,16,18,20,22-23,25,27,29H,2-10H2,1H3,(H,21,24)/t11-,14-,16+,18-,20-/m1/s1. The Morgan fingerprint density at radius 1 is 1.03 bits per heavy atom. The van der Waals surface area contributed by atoms with E-state index in [-0.39, 0.29) is 43.6 Å². The van der Waals surface area contributed by atoms with Gasteiger partial charge in [0.1, 0.15) is 30.1 Å². The molecule has 5 atom stereocenters. The smallest absolute Gasteiger partial charge is 0.272 e. The molecule has 1 aliphatic rings. The third-order valence-electron chi connectivity index (χ3n) is 5.08. The number of nitrogens with one attached hydrogen (secondary N) is 2. The Balaban J connectivity index is 1.53. The minimum absolute atomic E-state index is 0.0368. The molecule has 1 aromatic rings. The number of anilines is 1. The third-order valence-corrected chi connectivity index (χ3v) is 5.08. The van der Waals surface area contributed by atoms with E-state index in [1.54, 1.807) is 6.92 Å². The number of unbranched alkanes of at least 4 members (excludes halogenated alkanes) is 2. The average Bonchev–Trinajstić information content (AvgIpc) is 2.79. The van der Waals surface area contributed by atoms with Crippen molar-refractivity contribution in [3.05, 3.63) is 20.4 Å². The van der Waals surface area contributed by atoms with Gasteiger partial charge in [0, 0.05) is 26.1 Å². The van der Waals surface area contributed by atoms with E-state index >= 15 is 0 Å². The molecule has 1 saturated heterocycles. The van der Waals surface area contributed by atoms with Gasteiger partial charge in [-0.15, -0.1) is 0 Å². The van der Waals surface area contributed by atoms with Gasteiger partial charge in [-0.2, -0.15) is 0 Å². The van der Waals surface area contributed by atoms with Crippen molar-refractivity contribution in [2.45, 2.75) is 63.3 Å². The molecule has 1 amide bonds. The number of carbonyl (C=O) groups excluding carboxylic acids is 1. The summed E-state index contributed by atoms with van der Waals surface area (Å²) in [5.41, 5.74) is -1.12. The third kappa shape index (κ3) is 6.70. The predicted molar refractivity (Wildman–Crippen MR) is 112 cm³/mol. The van der Waals surface area contributed by atoms with E-state index in [4.69, 9.17) is 19.3 Å². The van der Waals surface area contributed by atoms with Gasteiger partial charge in [-0.05, 0) is 19.8 Å². The van der Waals surface area contributed by atoms with Crippen LogP contribution in [0.15, 0.2) is 9.59 Å². The van der Waals surface area contributed by atoms with Crippen LogP contribution in [0.5, 0.6) is 5.75 Å². The van der Waals surface area contributed by atoms with Crippen molar-refractivity contribution < 1.29 is 39.4 Å². The number of aliphatic hydroxyl groups excluding tert-OH is 4. The highest BCUT2D eigenvalue weighted by atomic mass is 16.7. The molecule has 6 N–H and O–H groups in total. The lowest BCUT2D eigenvalue weighted by atomic mass is 9.99. The Hall–Kier alpha value is -2.09. The highest BCUT2D eigenvalue weighted by Crippen LogP contribution is 2.22. The number of hydrogen-bond acceptors (Lipinski definition) is 11. The fourth-order valence-electron chi connectivity index (χ4n) is 3.26. The number of carbonyl (C=O) groups is 1. The zero-order valence-corrected chi connectivity index (χ0v) is 18.0. The summed E-state index contributed by atoms with van der Waals surface area (Å²) in [6.45, 7) is 2.24. The Morgan fingerprint density at radius 2 is 1.78 bits per heavy atom. The molecule has 12 nitrogen and oxygen atoms in total. The van der Waals surface area contributed by atoms with E-state index in [2.05, 4.69) is 10.6 Å². The van der Waals surface area contributed by atoms with E-state index in [1.165, 1.54) is 0 Å². The van der Waals surface area contributed by atoms with Crippen molar-refractivity contribution >= 4 is 11.6 Å². The number of ether oxygens (including phenoxy) is 3. The molecule has 1 fully saturated rings. The van der Waals surface area contributed by atoms with Crippen LogP contribution in [-0.4, -0.2) is 89.9 Å². The summed E-state index contributed by atoms with van der Waals surface area (Å²) in [6.07, 6.45) is -4.36. The summed E-state index contributed by atoms with van der Waals surface area (Å²) < 4.78 is 15.7. The van der Waals surface area contributed by atoms with Gasteiger partial charge in [-0.1, -0.05) is 6.42 Å². The number of aliphatic hydroxyl groups is 4. The van der Waals surface area contributed by atoms with Crippen LogP contribution in [0.3, 0.4) is 0 Å². The highest BCUT2D eigenvalue weighted by Gasteiger charge is 2.43. The van der Waals surface area contributed by atoms with Crippen LogP contribution in [0.2, 0.25) is 0 Å². The van der Waals surface area contributed by atoms with Crippen molar-refractivity contribution in [3.63, 3.8) is 0 Å². The second-order valence-corrected chi connectivity index (χ2v) is 7.45. The summed E-state index contributed by atoms with van der Waals surface area (Å²) in [4.78, 5) is 34.7. The minimum Gasteiger partial charge on any atom is -0.488 e. The van der Waals surface area contributed by atoms with Gasteiger partial charge in [0.15, 0.2) is 12.0 Å². The van der Waals surface area contributed by atoms with Gasteiger partial charge in [0.25, 0.3) is 10.9 Å². The van der Waals surface area contributed by atoms with Gasteiger partial charge in [0.05, 0.1) is 13.2 Å². The van der Waals surface area contributed by atoms with Crippen LogP contribution in [0, 0.1) is 0 Å². The Labute approximate surface area is 184 Å². The number of amides is 1. The molecule has 1 aliphatic heterocycles. The maximum Gasteiger partial charge on any atom is 0.272 e. The van der Waals surface area contributed by atoms with E-state index in [0.717, 1.165) is 0 Å². The highest BCUT2D eigenvalue weighted by molar-refractivity contribution is 5.75. The van der Waals surface area contributed by atoms with Gasteiger partial charge in [0.2, 0.25) is 5.91 Å². The lowest BCUT2D eigenvalue weighted by molar-refractivity contribution is -0.301. The lowest BCUT2D eigenvalue weighted by Gasteiger charge is -2.39. The topological polar surface area (TPSA) is 184 Å². The van der Waals surface area contributed by atoms with E-state index < -0.39 is 48.2 Å². The van der Waals surface area contributed by atoms with Gasteiger partial charge >= 0.3 is 0 Å². The summed E-state index contributed by atoms with van der Waals surface area (Å²) in [5, 5.41) is 43.9. The second-order valence-electron chi connectivity index (χ2n) is 7.45. The molecule has 0 aromatic heterocycles. The monoisotopic (exact) mass is 460 g/mol. The molecule has 0 radical (unpaired) electrons. The maximum absolute atomic E-state index is 11.9. The van der Waals surface area contributed by atoms with E-state index in [0.29, 0.717) is 25.7 Å². The van der Waals surface area contributed by atoms with Gasteiger partial charge in [-0.3, -0.25) is 14.4 Å². The normalized spacial score (nSPS) is 25.6. The fourth-order valence-corrected chi connectivity index (χ4v) is 3.26. The van der Waals surface area contributed by atoms with Crippen molar-refractivity contribution in [2.75, 3.05) is 38.2 Å². The minimum atomic E-state index is -1.48. The number of rotatable bonds is 14. The van der Waals surface area contributed by atoms with Crippen molar-refractivity contribution in [1.29, 1.82) is 0 Å². The van der Waals surface area contributed by atoms with Crippen LogP contribution in [-0.2, 0) is 14.3 Å². The van der Waals surface area contributed by atoms with E-state index in [9.17, 15) is 29.7 Å². The van der Waals surface area contributed by atoms with Crippen molar-refractivity contribution in [1.82, 2.24) is 5.32 Å². The molecular formula is C20H32N2O10. The van der Waals surface area contributed by atoms with Crippen LogP contribution in [0.25, 0.3) is 0 Å². The first-order chi connectivity index (χ1) is 15.3. The van der Waals surface area contributed by atoms with Crippen LogP contribution >= 0.6 is 0 Å². The van der Waals surface area contributed by atoms with Crippen LogP contribution in [0.1, 0.15) is 32.6 Å². The Bertz CT molecular complexity index is 792. The summed E-state index contributed by atoms with van der Waals surface area (Å²) in [5.74, 6) is -0.119. The number of hydrogen-bond donors (Lipinski definition) is 6. The molecule has 0 saturated carbocycles. The zero-order chi connectivity index (χ0) is 23.7. The summed E-state index contributed by atoms with van der Waals surface area (Å²) >= 11 is 0. The summed E-state index contributed by atoms with van der Waals surface area (Å²) in [6, 6.07) is 0. The zero-order valence-electron chi connectivity index (χ0n) is 18.0. The molecule has 182 valence electrons. The van der Waals surface area contributed by atoms with Crippen LogP contribution in [0.4, 0.5) is 5.69 Å². The average molecular weight is 460 g/mol. The maximum atomic E-state index is 11.9. The SMILES string of the molecule is CCOc1c(NCCNC(=O)CCCCCO[C@@H]2O[C@H](CO)[C@@H](O)[C@H](O)[C@H]2O)c(=O)c1=O. The van der Waals surface area contributed by atoms with Gasteiger partial charge in [-0.25, -0.2) is 0 Å². The van der Waals surface area contributed by atoms with Gasteiger partial charge < -0.3 is 45.3 Å². The largest absolute Gasteiger partial charge is 0.488 e. The molecule has 12 heteroatoms. The molecule has 0 unspecified atom stereocenters. The van der Waals surface area contributed by atoms with Crippen molar-refractivity contribution in [2.24, 2.45) is 0 Å². The van der Waals surface area contributed by atoms with E-state index in [1.807, 2.05) is 0 Å². The molecule has 1 aromatic carbocycles. The molecule has 2 rings (SSSR count). The first-order valence-electron chi connectivity index (χ1n) is 10.7. The summed E-state index contributed by atoms with van der Waals surface area (Å²) in [7, 11) is 0. The predicted octanol–water partition coefficient (Wildman–Crippen LogP) is -2.41. The molecule has 32 heavy (non-hydrogen) atoms. The van der Waals surface area contributed by atoms with Crippen LogP contribution < -0.4 is 26.2 Å². The lowest BCUT2D eigenvalue weighted by Crippen LogP contribution is -2.59. The Kier molecular flexibility index (Phi) is 10.5. The fraction of sp³-hybridized carbons (Fsp3) is 0.750. The first kappa shape index (κ1) is 26.2. The molecule has 0 spiro atoms. The first-order valence-corrected chi connectivity index (χ1v) is 10.7. The molecule has 1 heterocycles. The second kappa shape index (κ2) is 12.8. The molecular weight excluding hydrogens is 428 g/mol. The Morgan fingerprint density at radius 3 is 2.47 bits per heavy atom.